The number of carbonyl (C=O) groups excluding carboxylic acids is 1. The molecule has 0 aliphatic carbocycles. The minimum atomic E-state index is -1.06. The molecule has 1 aliphatic rings. The van der Waals surface area contributed by atoms with Crippen molar-refractivity contribution in [2.45, 2.75) is 38.8 Å². The molecule has 6 nitrogen and oxygen atoms in total. The van der Waals surface area contributed by atoms with Gasteiger partial charge in [0.15, 0.2) is 0 Å². The highest BCUT2D eigenvalue weighted by atomic mass is 16.4. The van der Waals surface area contributed by atoms with Gasteiger partial charge in [0, 0.05) is 26.6 Å². The maximum absolute atomic E-state index is 12.1. The number of carboxylic acids is 1. The summed E-state index contributed by atoms with van der Waals surface area (Å²) < 4.78 is 0. The zero-order chi connectivity index (χ0) is 13.9. The Morgan fingerprint density at radius 1 is 1.44 bits per heavy atom. The first-order valence-electron chi connectivity index (χ1n) is 6.25. The van der Waals surface area contributed by atoms with Crippen molar-refractivity contribution in [3.63, 3.8) is 0 Å². The van der Waals surface area contributed by atoms with Gasteiger partial charge in [-0.3, -0.25) is 0 Å². The Morgan fingerprint density at radius 2 is 2.06 bits per heavy atom. The third-order valence-electron chi connectivity index (χ3n) is 3.18. The van der Waals surface area contributed by atoms with Crippen LogP contribution < -0.4 is 0 Å². The van der Waals surface area contributed by atoms with Gasteiger partial charge in [0.25, 0.3) is 0 Å². The Kier molecular flexibility index (Phi) is 4.95. The van der Waals surface area contributed by atoms with Gasteiger partial charge in [-0.15, -0.1) is 0 Å². The number of aliphatic carboxylic acids is 1. The average molecular weight is 258 g/mol. The first kappa shape index (κ1) is 14.8. The molecule has 2 N–H and O–H groups in total. The van der Waals surface area contributed by atoms with E-state index in [1.165, 1.54) is 9.80 Å². The molecule has 0 saturated carbocycles. The minimum Gasteiger partial charge on any atom is -0.480 e. The van der Waals surface area contributed by atoms with Crippen LogP contribution in [0.2, 0.25) is 0 Å². The number of carbonyl (C=O) groups is 2. The van der Waals surface area contributed by atoms with E-state index in [1.54, 1.807) is 7.05 Å². The molecule has 0 aromatic carbocycles. The van der Waals surface area contributed by atoms with Crippen LogP contribution in [0.15, 0.2) is 0 Å². The second kappa shape index (κ2) is 6.04. The minimum absolute atomic E-state index is 0.0990. The summed E-state index contributed by atoms with van der Waals surface area (Å²) in [6.07, 6.45) is 0.240. The van der Waals surface area contributed by atoms with Gasteiger partial charge in [-0.2, -0.15) is 0 Å². The number of aliphatic hydroxyl groups is 1. The molecule has 0 unspecified atom stereocenters. The van der Waals surface area contributed by atoms with Crippen LogP contribution in [0.25, 0.3) is 0 Å². The van der Waals surface area contributed by atoms with E-state index in [-0.39, 0.29) is 19.0 Å². The number of nitrogens with zero attached hydrogens (tertiary/aromatic N) is 2. The van der Waals surface area contributed by atoms with E-state index < -0.39 is 18.1 Å². The van der Waals surface area contributed by atoms with Gasteiger partial charge in [-0.05, 0) is 12.3 Å². The summed E-state index contributed by atoms with van der Waals surface area (Å²) in [7, 11) is 1.66. The standard InChI is InChI=1S/C12H22N2O4/c1-8(2)4-5-13(3)12(18)14-7-9(15)6-10(14)11(16)17/h8-10,15H,4-7H2,1-3H3,(H,16,17)/t9-,10+/m1/s1. The van der Waals surface area contributed by atoms with E-state index >= 15 is 0 Å². The average Bonchev–Trinajstić information content (AvgIpc) is 2.67. The fraction of sp³-hybridized carbons (Fsp3) is 0.833. The summed E-state index contributed by atoms with van der Waals surface area (Å²) >= 11 is 0. The van der Waals surface area contributed by atoms with Crippen LogP contribution in [0.4, 0.5) is 4.79 Å². The number of aliphatic hydroxyl groups excluding tert-OH is 1. The molecule has 0 aromatic rings. The fourth-order valence-electron chi connectivity index (χ4n) is 2.03. The quantitative estimate of drug-likeness (QED) is 0.774. The molecule has 2 atom stereocenters. The SMILES string of the molecule is CC(C)CCN(C)C(=O)N1C[C@H](O)C[C@H]1C(=O)O. The van der Waals surface area contributed by atoms with E-state index in [0.29, 0.717) is 12.5 Å². The van der Waals surface area contributed by atoms with Gasteiger partial charge < -0.3 is 20.0 Å². The van der Waals surface area contributed by atoms with Crippen LogP contribution in [0.3, 0.4) is 0 Å². The Balaban J connectivity index is 2.61. The molecule has 6 heteroatoms. The maximum atomic E-state index is 12.1. The Morgan fingerprint density at radius 3 is 2.56 bits per heavy atom. The largest absolute Gasteiger partial charge is 0.480 e. The summed E-state index contributed by atoms with van der Waals surface area (Å²) in [6.45, 7) is 4.83. The van der Waals surface area contributed by atoms with Gasteiger partial charge in [-0.25, -0.2) is 9.59 Å². The number of hydrogen-bond donors (Lipinski definition) is 2. The smallest absolute Gasteiger partial charge is 0.326 e. The van der Waals surface area contributed by atoms with Crippen LogP contribution in [0.5, 0.6) is 0 Å². The molecule has 0 spiro atoms. The summed E-state index contributed by atoms with van der Waals surface area (Å²) in [5, 5.41) is 18.5. The molecule has 0 radical (unpaired) electrons. The van der Waals surface area contributed by atoms with Crippen molar-refractivity contribution in [2.75, 3.05) is 20.1 Å². The molecular formula is C12H22N2O4. The van der Waals surface area contributed by atoms with Crippen molar-refractivity contribution >= 4 is 12.0 Å². The molecule has 1 heterocycles. The third kappa shape index (κ3) is 3.60. The fourth-order valence-corrected chi connectivity index (χ4v) is 2.03. The lowest BCUT2D eigenvalue weighted by atomic mass is 10.1. The number of rotatable bonds is 4. The van der Waals surface area contributed by atoms with Gasteiger partial charge >= 0.3 is 12.0 Å². The lowest BCUT2D eigenvalue weighted by Crippen LogP contribution is -2.47. The first-order chi connectivity index (χ1) is 8.32. The van der Waals surface area contributed by atoms with E-state index in [9.17, 15) is 14.7 Å². The highest BCUT2D eigenvalue weighted by Gasteiger charge is 2.39. The van der Waals surface area contributed by atoms with Gasteiger partial charge in [0.1, 0.15) is 6.04 Å². The lowest BCUT2D eigenvalue weighted by molar-refractivity contribution is -0.141. The number of likely N-dealkylation sites (tertiary alicyclic amines) is 1. The number of carboxylic acid groups (broad SMARTS) is 1. The predicted molar refractivity (Wildman–Crippen MR) is 66.2 cm³/mol. The molecule has 0 bridgehead atoms. The molecule has 1 aliphatic heterocycles. The number of β-amino-alcohol motifs (C(OH)–C–C–N with tert-alkyl or cyclic N) is 1. The number of urea groups is 1. The van der Waals surface area contributed by atoms with Crippen LogP contribution in [-0.4, -0.2) is 64.3 Å². The second-order valence-corrected chi connectivity index (χ2v) is 5.28. The Labute approximate surface area is 107 Å². The van der Waals surface area contributed by atoms with Crippen LogP contribution in [0, 0.1) is 5.92 Å². The van der Waals surface area contributed by atoms with Gasteiger partial charge in [-0.1, -0.05) is 13.8 Å². The maximum Gasteiger partial charge on any atom is 0.326 e. The Bertz CT molecular complexity index is 319. The van der Waals surface area contributed by atoms with Gasteiger partial charge in [0.2, 0.25) is 0 Å². The van der Waals surface area contributed by atoms with Crippen LogP contribution in [0.1, 0.15) is 26.7 Å². The van der Waals surface area contributed by atoms with E-state index in [2.05, 4.69) is 13.8 Å². The van der Waals surface area contributed by atoms with E-state index in [0.717, 1.165) is 6.42 Å². The van der Waals surface area contributed by atoms with Crippen molar-refractivity contribution in [1.29, 1.82) is 0 Å². The van der Waals surface area contributed by atoms with Crippen molar-refractivity contribution in [1.82, 2.24) is 9.80 Å². The first-order valence-corrected chi connectivity index (χ1v) is 6.25. The summed E-state index contributed by atoms with van der Waals surface area (Å²) in [5.74, 6) is -0.572. The predicted octanol–water partition coefficient (Wildman–Crippen LogP) is 0.604. The molecule has 1 fully saturated rings. The summed E-state index contributed by atoms with van der Waals surface area (Å²) in [4.78, 5) is 25.9. The lowest BCUT2D eigenvalue weighted by Gasteiger charge is -2.27. The zero-order valence-electron chi connectivity index (χ0n) is 11.2. The third-order valence-corrected chi connectivity index (χ3v) is 3.18. The zero-order valence-corrected chi connectivity index (χ0v) is 11.2. The second-order valence-electron chi connectivity index (χ2n) is 5.28. The van der Waals surface area contributed by atoms with Gasteiger partial charge in [0.05, 0.1) is 6.10 Å². The molecule has 1 saturated heterocycles. The van der Waals surface area contributed by atoms with Crippen LogP contribution >= 0.6 is 0 Å². The highest BCUT2D eigenvalue weighted by Crippen LogP contribution is 2.19. The molecule has 104 valence electrons. The molecular weight excluding hydrogens is 236 g/mol. The van der Waals surface area contributed by atoms with Crippen molar-refractivity contribution < 1.29 is 19.8 Å². The molecule has 2 amide bonds. The van der Waals surface area contributed by atoms with E-state index in [4.69, 9.17) is 5.11 Å². The summed E-state index contributed by atoms with van der Waals surface area (Å²) in [5.41, 5.74) is 0. The monoisotopic (exact) mass is 258 g/mol. The Hall–Kier alpha value is -1.30. The number of hydrogen-bond acceptors (Lipinski definition) is 3. The normalized spacial score (nSPS) is 23.5. The topological polar surface area (TPSA) is 81.1 Å². The number of amides is 2. The molecule has 18 heavy (non-hydrogen) atoms. The van der Waals surface area contributed by atoms with E-state index in [1.807, 2.05) is 0 Å². The highest BCUT2D eigenvalue weighted by molar-refractivity contribution is 5.83. The molecule has 1 rings (SSSR count). The van der Waals surface area contributed by atoms with Crippen molar-refractivity contribution in [3.05, 3.63) is 0 Å². The van der Waals surface area contributed by atoms with Crippen LogP contribution in [-0.2, 0) is 4.79 Å². The summed E-state index contributed by atoms with van der Waals surface area (Å²) in [6, 6.07) is -1.23. The van der Waals surface area contributed by atoms with Crippen molar-refractivity contribution in [3.8, 4) is 0 Å². The molecule has 0 aromatic heterocycles. The van der Waals surface area contributed by atoms with Crippen molar-refractivity contribution in [2.24, 2.45) is 5.92 Å².